The Morgan fingerprint density at radius 1 is 1.19 bits per heavy atom. The van der Waals surface area contributed by atoms with Crippen molar-refractivity contribution < 1.29 is 13.9 Å². The van der Waals surface area contributed by atoms with Gasteiger partial charge in [-0.2, -0.15) is 0 Å². The minimum absolute atomic E-state index is 0. The summed E-state index contributed by atoms with van der Waals surface area (Å²) in [6.07, 6.45) is 5.34. The van der Waals surface area contributed by atoms with Gasteiger partial charge >= 0.3 is 0 Å². The van der Waals surface area contributed by atoms with Crippen molar-refractivity contribution in [2.24, 2.45) is 5.41 Å². The average molecular weight is 385 g/mol. The van der Waals surface area contributed by atoms with Crippen molar-refractivity contribution in [2.45, 2.75) is 43.9 Å². The Kier molecular flexibility index (Phi) is 7.44. The quantitative estimate of drug-likeness (QED) is 0.791. The van der Waals surface area contributed by atoms with Crippen molar-refractivity contribution in [3.05, 3.63) is 35.6 Å². The van der Waals surface area contributed by atoms with Gasteiger partial charge in [0.25, 0.3) is 0 Å². The van der Waals surface area contributed by atoms with Crippen molar-refractivity contribution in [3.8, 4) is 0 Å². The first-order valence-electron chi connectivity index (χ1n) is 9.35. The first-order valence-corrected chi connectivity index (χ1v) is 9.35. The van der Waals surface area contributed by atoms with Crippen LogP contribution in [-0.4, -0.2) is 39.3 Å². The molecule has 1 amide bonds. The van der Waals surface area contributed by atoms with Crippen LogP contribution in [0.15, 0.2) is 24.3 Å². The van der Waals surface area contributed by atoms with E-state index in [4.69, 9.17) is 4.74 Å². The van der Waals surface area contributed by atoms with Crippen molar-refractivity contribution in [3.63, 3.8) is 0 Å². The molecule has 2 fully saturated rings. The van der Waals surface area contributed by atoms with E-state index in [1.165, 1.54) is 6.07 Å². The maximum Gasteiger partial charge on any atom is 0.230 e. The molecule has 2 aliphatic rings. The maximum atomic E-state index is 14.4. The molecular weight excluding hydrogens is 355 g/mol. The minimum Gasteiger partial charge on any atom is -0.384 e. The lowest BCUT2D eigenvalue weighted by Gasteiger charge is -2.38. The van der Waals surface area contributed by atoms with Crippen LogP contribution < -0.4 is 10.6 Å². The highest BCUT2D eigenvalue weighted by Crippen LogP contribution is 2.42. The number of nitrogens with one attached hydrogen (secondary N) is 2. The third-order valence-electron chi connectivity index (χ3n) is 6.02. The number of hydrogen-bond donors (Lipinski definition) is 2. The molecule has 0 atom stereocenters. The van der Waals surface area contributed by atoms with Gasteiger partial charge in [-0.3, -0.25) is 4.79 Å². The molecule has 1 aromatic rings. The first-order chi connectivity index (χ1) is 12.1. The highest BCUT2D eigenvalue weighted by Gasteiger charge is 2.45. The molecule has 1 saturated carbocycles. The van der Waals surface area contributed by atoms with Crippen LogP contribution in [0.25, 0.3) is 0 Å². The summed E-state index contributed by atoms with van der Waals surface area (Å²) in [6, 6.07) is 6.74. The second kappa shape index (κ2) is 9.16. The third-order valence-corrected chi connectivity index (χ3v) is 6.02. The van der Waals surface area contributed by atoms with Gasteiger partial charge in [-0.1, -0.05) is 31.0 Å². The van der Waals surface area contributed by atoms with Gasteiger partial charge in [-0.05, 0) is 44.8 Å². The van der Waals surface area contributed by atoms with Gasteiger partial charge in [0.05, 0.1) is 12.0 Å². The van der Waals surface area contributed by atoms with E-state index in [9.17, 15) is 9.18 Å². The van der Waals surface area contributed by atoms with Crippen LogP contribution in [0, 0.1) is 11.2 Å². The number of amides is 1. The number of methoxy groups -OCH3 is 1. The van der Waals surface area contributed by atoms with E-state index in [-0.39, 0.29) is 29.5 Å². The largest absolute Gasteiger partial charge is 0.384 e. The number of carbonyl (C=O) groups is 1. The van der Waals surface area contributed by atoms with E-state index in [0.29, 0.717) is 18.7 Å². The molecule has 1 aromatic carbocycles. The zero-order chi connectivity index (χ0) is 17.8. The third kappa shape index (κ3) is 4.21. The van der Waals surface area contributed by atoms with Crippen LogP contribution in [-0.2, 0) is 14.9 Å². The molecule has 1 saturated heterocycles. The van der Waals surface area contributed by atoms with Crippen molar-refractivity contribution in [1.82, 2.24) is 10.6 Å². The van der Waals surface area contributed by atoms with E-state index >= 15 is 0 Å². The average Bonchev–Trinajstić information content (AvgIpc) is 3.12. The van der Waals surface area contributed by atoms with E-state index in [1.807, 2.05) is 6.07 Å². The maximum absolute atomic E-state index is 14.4. The summed E-state index contributed by atoms with van der Waals surface area (Å²) in [6.45, 7) is 3.12. The predicted molar refractivity (Wildman–Crippen MR) is 103 cm³/mol. The summed E-state index contributed by atoms with van der Waals surface area (Å²) < 4.78 is 19.9. The summed E-state index contributed by atoms with van der Waals surface area (Å²) in [5, 5.41) is 6.54. The topological polar surface area (TPSA) is 50.4 Å². The van der Waals surface area contributed by atoms with Gasteiger partial charge in [-0.15, -0.1) is 12.4 Å². The second-order valence-corrected chi connectivity index (χ2v) is 7.63. The fourth-order valence-electron chi connectivity index (χ4n) is 4.52. The molecule has 0 radical (unpaired) electrons. The zero-order valence-electron chi connectivity index (χ0n) is 15.5. The number of rotatable bonds is 6. The molecule has 1 aliphatic heterocycles. The SMILES string of the molecule is COCC1(CNC(=O)C2(c3ccccc3F)CCCC2)CCNCC1.Cl. The van der Waals surface area contributed by atoms with Gasteiger partial charge < -0.3 is 15.4 Å². The molecule has 4 nitrogen and oxygen atoms in total. The lowest BCUT2D eigenvalue weighted by molar-refractivity contribution is -0.127. The smallest absolute Gasteiger partial charge is 0.230 e. The van der Waals surface area contributed by atoms with Gasteiger partial charge in [-0.25, -0.2) is 4.39 Å². The lowest BCUT2D eigenvalue weighted by Crippen LogP contribution is -2.51. The van der Waals surface area contributed by atoms with E-state index in [2.05, 4.69) is 10.6 Å². The molecular formula is C20H30ClFN2O2. The second-order valence-electron chi connectivity index (χ2n) is 7.63. The number of benzene rings is 1. The Bertz CT molecular complexity index is 594. The molecule has 1 heterocycles. The summed E-state index contributed by atoms with van der Waals surface area (Å²) in [7, 11) is 1.71. The van der Waals surface area contributed by atoms with Crippen molar-refractivity contribution in [1.29, 1.82) is 0 Å². The standard InChI is InChI=1S/C20H29FN2O2.ClH/c1-25-15-19(10-12-22-13-11-19)14-23-18(24)20(8-4-5-9-20)16-6-2-3-7-17(16)21;/h2-3,6-7,22H,4-5,8-15H2,1H3,(H,23,24);1H. The van der Waals surface area contributed by atoms with Crippen LogP contribution >= 0.6 is 12.4 Å². The summed E-state index contributed by atoms with van der Waals surface area (Å²) >= 11 is 0. The molecule has 146 valence electrons. The molecule has 0 aromatic heterocycles. The summed E-state index contributed by atoms with van der Waals surface area (Å²) in [5.41, 5.74) is -0.187. The Labute approximate surface area is 161 Å². The highest BCUT2D eigenvalue weighted by molar-refractivity contribution is 5.88. The number of piperidine rings is 1. The molecule has 0 bridgehead atoms. The highest BCUT2D eigenvalue weighted by atomic mass is 35.5. The van der Waals surface area contributed by atoms with Gasteiger partial charge in [0, 0.05) is 24.6 Å². The monoisotopic (exact) mass is 384 g/mol. The van der Waals surface area contributed by atoms with Crippen LogP contribution in [0.5, 0.6) is 0 Å². The van der Waals surface area contributed by atoms with E-state index in [0.717, 1.165) is 51.6 Å². The number of hydrogen-bond acceptors (Lipinski definition) is 3. The molecule has 0 unspecified atom stereocenters. The van der Waals surface area contributed by atoms with Gasteiger partial charge in [0.15, 0.2) is 0 Å². The Hall–Kier alpha value is -1.17. The van der Waals surface area contributed by atoms with Crippen LogP contribution in [0.4, 0.5) is 4.39 Å². The fourth-order valence-corrected chi connectivity index (χ4v) is 4.52. The summed E-state index contributed by atoms with van der Waals surface area (Å²) in [5.74, 6) is -0.294. The Morgan fingerprint density at radius 3 is 2.46 bits per heavy atom. The minimum atomic E-state index is -0.716. The van der Waals surface area contributed by atoms with Crippen molar-refractivity contribution >= 4 is 18.3 Å². The summed E-state index contributed by atoms with van der Waals surface area (Å²) in [4.78, 5) is 13.2. The fraction of sp³-hybridized carbons (Fsp3) is 0.650. The molecule has 1 aliphatic carbocycles. The first kappa shape index (κ1) is 21.1. The van der Waals surface area contributed by atoms with Gasteiger partial charge in [0.2, 0.25) is 5.91 Å². The number of halogens is 2. The molecule has 26 heavy (non-hydrogen) atoms. The van der Waals surface area contributed by atoms with Gasteiger partial charge in [0.1, 0.15) is 5.82 Å². The molecule has 6 heteroatoms. The molecule has 2 N–H and O–H groups in total. The van der Waals surface area contributed by atoms with E-state index < -0.39 is 5.41 Å². The molecule has 0 spiro atoms. The number of carbonyl (C=O) groups excluding carboxylic acids is 1. The van der Waals surface area contributed by atoms with Crippen LogP contribution in [0.1, 0.15) is 44.1 Å². The lowest BCUT2D eigenvalue weighted by atomic mass is 9.76. The van der Waals surface area contributed by atoms with Crippen molar-refractivity contribution in [2.75, 3.05) is 33.4 Å². The van der Waals surface area contributed by atoms with E-state index in [1.54, 1.807) is 19.2 Å². The normalized spacial score (nSPS) is 21.0. The predicted octanol–water partition coefficient (Wildman–Crippen LogP) is 3.19. The molecule has 3 rings (SSSR count). The Balaban J connectivity index is 0.00000243. The zero-order valence-corrected chi connectivity index (χ0v) is 16.3. The number of ether oxygens (including phenoxy) is 1. The Morgan fingerprint density at radius 2 is 1.85 bits per heavy atom. The van der Waals surface area contributed by atoms with Crippen LogP contribution in [0.3, 0.4) is 0 Å². The van der Waals surface area contributed by atoms with Crippen LogP contribution in [0.2, 0.25) is 0 Å².